The van der Waals surface area contributed by atoms with Crippen molar-refractivity contribution in [2.75, 3.05) is 13.7 Å². The largest absolute Gasteiger partial charge is 0.383 e. The Morgan fingerprint density at radius 2 is 1.85 bits per heavy atom. The van der Waals surface area contributed by atoms with Crippen molar-refractivity contribution in [2.24, 2.45) is 0 Å². The molecule has 0 saturated carbocycles. The van der Waals surface area contributed by atoms with E-state index >= 15 is 0 Å². The highest BCUT2D eigenvalue weighted by Crippen LogP contribution is 2.29. The number of ether oxygens (including phenoxy) is 1. The van der Waals surface area contributed by atoms with E-state index in [4.69, 9.17) is 21.3 Å². The van der Waals surface area contributed by atoms with Gasteiger partial charge in [0, 0.05) is 19.2 Å². The lowest BCUT2D eigenvalue weighted by Crippen LogP contribution is -2.06. The van der Waals surface area contributed by atoms with Gasteiger partial charge in [-0.25, -0.2) is 4.98 Å². The highest BCUT2D eigenvalue weighted by molar-refractivity contribution is 6.33. The van der Waals surface area contributed by atoms with Crippen molar-refractivity contribution in [1.82, 2.24) is 9.55 Å². The minimum Gasteiger partial charge on any atom is -0.383 e. The molecular formula is C16H15ClN2O. The van der Waals surface area contributed by atoms with Crippen LogP contribution < -0.4 is 0 Å². The molecule has 0 saturated heterocycles. The van der Waals surface area contributed by atoms with Crippen LogP contribution in [0.1, 0.15) is 0 Å². The average Bonchev–Trinajstić information content (AvgIpc) is 2.84. The van der Waals surface area contributed by atoms with Gasteiger partial charge in [-0.3, -0.25) is 0 Å². The molecule has 0 atom stereocenters. The summed E-state index contributed by atoms with van der Waals surface area (Å²) in [7, 11) is 1.70. The second-order valence-electron chi connectivity index (χ2n) is 4.55. The van der Waals surface area contributed by atoms with E-state index in [9.17, 15) is 0 Å². The minimum absolute atomic E-state index is 0.637. The van der Waals surface area contributed by atoms with E-state index in [0.717, 1.165) is 29.0 Å². The monoisotopic (exact) mass is 286 g/mol. The molecule has 102 valence electrons. The Balaban J connectivity index is 2.21. The molecule has 3 nitrogen and oxygen atoms in total. The molecule has 3 aromatic rings. The van der Waals surface area contributed by atoms with E-state index in [-0.39, 0.29) is 0 Å². The van der Waals surface area contributed by atoms with Crippen LogP contribution in [0.5, 0.6) is 0 Å². The molecular weight excluding hydrogens is 272 g/mol. The molecule has 0 spiro atoms. The number of nitrogens with zero attached hydrogens (tertiary/aromatic N) is 2. The summed E-state index contributed by atoms with van der Waals surface area (Å²) in [6, 6.07) is 15.9. The summed E-state index contributed by atoms with van der Waals surface area (Å²) in [6.07, 6.45) is 0. The number of benzene rings is 2. The SMILES string of the molecule is COCCn1c(-c2ccccc2Cl)nc2ccccc21. The Labute approximate surface area is 122 Å². The molecule has 2 aromatic carbocycles. The smallest absolute Gasteiger partial charge is 0.142 e. The van der Waals surface area contributed by atoms with Crippen molar-refractivity contribution in [3.63, 3.8) is 0 Å². The summed E-state index contributed by atoms with van der Waals surface area (Å²) < 4.78 is 7.36. The van der Waals surface area contributed by atoms with Gasteiger partial charge in [-0.2, -0.15) is 0 Å². The van der Waals surface area contributed by atoms with E-state index in [1.54, 1.807) is 7.11 Å². The normalized spacial score (nSPS) is 11.1. The maximum Gasteiger partial charge on any atom is 0.142 e. The Hall–Kier alpha value is -1.84. The van der Waals surface area contributed by atoms with Crippen LogP contribution in [0.4, 0.5) is 0 Å². The maximum absolute atomic E-state index is 6.31. The zero-order chi connectivity index (χ0) is 13.9. The third-order valence-corrected chi connectivity index (χ3v) is 3.62. The van der Waals surface area contributed by atoms with Gasteiger partial charge in [0.05, 0.1) is 22.7 Å². The van der Waals surface area contributed by atoms with E-state index in [2.05, 4.69) is 10.6 Å². The van der Waals surface area contributed by atoms with E-state index in [1.165, 1.54) is 0 Å². The Bertz CT molecular complexity index is 736. The lowest BCUT2D eigenvalue weighted by molar-refractivity contribution is 0.188. The number of methoxy groups -OCH3 is 1. The number of hydrogen-bond donors (Lipinski definition) is 0. The van der Waals surface area contributed by atoms with Crippen LogP contribution in [0.25, 0.3) is 22.4 Å². The van der Waals surface area contributed by atoms with E-state index < -0.39 is 0 Å². The molecule has 3 rings (SSSR count). The Morgan fingerprint density at radius 3 is 2.65 bits per heavy atom. The molecule has 0 amide bonds. The summed E-state index contributed by atoms with van der Waals surface area (Å²) in [5.74, 6) is 0.883. The second-order valence-corrected chi connectivity index (χ2v) is 4.96. The van der Waals surface area contributed by atoms with Gasteiger partial charge in [0.25, 0.3) is 0 Å². The van der Waals surface area contributed by atoms with Crippen molar-refractivity contribution >= 4 is 22.6 Å². The van der Waals surface area contributed by atoms with Gasteiger partial charge in [0.15, 0.2) is 0 Å². The molecule has 0 aliphatic rings. The fourth-order valence-electron chi connectivity index (χ4n) is 2.33. The third-order valence-electron chi connectivity index (χ3n) is 3.29. The fourth-order valence-corrected chi connectivity index (χ4v) is 2.55. The first-order valence-electron chi connectivity index (χ1n) is 6.50. The lowest BCUT2D eigenvalue weighted by atomic mass is 10.2. The zero-order valence-corrected chi connectivity index (χ0v) is 12.0. The van der Waals surface area contributed by atoms with Crippen LogP contribution >= 0.6 is 11.6 Å². The first-order valence-corrected chi connectivity index (χ1v) is 6.88. The van der Waals surface area contributed by atoms with Gasteiger partial charge in [-0.1, -0.05) is 35.9 Å². The number of rotatable bonds is 4. The molecule has 0 N–H and O–H groups in total. The topological polar surface area (TPSA) is 27.1 Å². The van der Waals surface area contributed by atoms with Crippen LogP contribution in [-0.2, 0) is 11.3 Å². The third kappa shape index (κ3) is 2.30. The van der Waals surface area contributed by atoms with Crippen LogP contribution in [0, 0.1) is 0 Å². The Kier molecular flexibility index (Phi) is 3.72. The molecule has 0 fully saturated rings. The first kappa shape index (κ1) is 13.2. The quantitative estimate of drug-likeness (QED) is 0.725. The molecule has 0 radical (unpaired) electrons. The summed E-state index contributed by atoms with van der Waals surface area (Å²) in [4.78, 5) is 4.72. The summed E-state index contributed by atoms with van der Waals surface area (Å²) >= 11 is 6.31. The predicted octanol–water partition coefficient (Wildman–Crippen LogP) is 4.00. The predicted molar refractivity (Wildman–Crippen MR) is 82.1 cm³/mol. The van der Waals surface area contributed by atoms with Gasteiger partial charge in [0.2, 0.25) is 0 Å². The van der Waals surface area contributed by atoms with Crippen molar-refractivity contribution in [1.29, 1.82) is 0 Å². The molecule has 0 unspecified atom stereocenters. The summed E-state index contributed by atoms with van der Waals surface area (Å²) in [5, 5.41) is 0.710. The van der Waals surface area contributed by atoms with Gasteiger partial charge in [0.1, 0.15) is 5.82 Å². The lowest BCUT2D eigenvalue weighted by Gasteiger charge is -2.09. The number of fused-ring (bicyclic) bond motifs is 1. The molecule has 1 heterocycles. The van der Waals surface area contributed by atoms with Crippen molar-refractivity contribution in [2.45, 2.75) is 6.54 Å². The highest BCUT2D eigenvalue weighted by atomic mass is 35.5. The second kappa shape index (κ2) is 5.65. The van der Waals surface area contributed by atoms with Crippen LogP contribution in [-0.4, -0.2) is 23.3 Å². The molecule has 0 aliphatic heterocycles. The van der Waals surface area contributed by atoms with Gasteiger partial charge in [-0.05, 0) is 24.3 Å². The zero-order valence-electron chi connectivity index (χ0n) is 11.2. The fraction of sp³-hybridized carbons (Fsp3) is 0.188. The first-order chi connectivity index (χ1) is 9.81. The standard InChI is InChI=1S/C16H15ClN2O/c1-20-11-10-19-15-9-5-4-8-14(15)18-16(19)12-6-2-3-7-13(12)17/h2-9H,10-11H2,1H3. The number of halogens is 1. The van der Waals surface area contributed by atoms with Crippen LogP contribution in [0.3, 0.4) is 0 Å². The van der Waals surface area contributed by atoms with Crippen LogP contribution in [0.2, 0.25) is 5.02 Å². The molecule has 1 aromatic heterocycles. The van der Waals surface area contributed by atoms with Crippen LogP contribution in [0.15, 0.2) is 48.5 Å². The highest BCUT2D eigenvalue weighted by Gasteiger charge is 2.14. The summed E-state index contributed by atoms with van der Waals surface area (Å²) in [6.45, 7) is 1.38. The summed E-state index contributed by atoms with van der Waals surface area (Å²) in [5.41, 5.74) is 3.01. The molecule has 0 aliphatic carbocycles. The van der Waals surface area contributed by atoms with E-state index in [1.807, 2.05) is 42.5 Å². The van der Waals surface area contributed by atoms with Crippen molar-refractivity contribution in [3.05, 3.63) is 53.6 Å². The molecule has 4 heteroatoms. The average molecular weight is 287 g/mol. The van der Waals surface area contributed by atoms with E-state index in [0.29, 0.717) is 11.6 Å². The van der Waals surface area contributed by atoms with Crippen molar-refractivity contribution < 1.29 is 4.74 Å². The van der Waals surface area contributed by atoms with Crippen molar-refractivity contribution in [3.8, 4) is 11.4 Å². The Morgan fingerprint density at radius 1 is 1.10 bits per heavy atom. The number of aromatic nitrogens is 2. The van der Waals surface area contributed by atoms with Gasteiger partial charge < -0.3 is 9.30 Å². The minimum atomic E-state index is 0.637. The maximum atomic E-state index is 6.31. The van der Waals surface area contributed by atoms with Gasteiger partial charge in [-0.15, -0.1) is 0 Å². The number of imidazole rings is 1. The molecule has 0 bridgehead atoms. The number of para-hydroxylation sites is 2. The number of hydrogen-bond acceptors (Lipinski definition) is 2. The molecule has 20 heavy (non-hydrogen) atoms. The van der Waals surface area contributed by atoms with Gasteiger partial charge >= 0.3 is 0 Å².